The fourth-order valence-corrected chi connectivity index (χ4v) is 7.76. The molecule has 39 heavy (non-hydrogen) atoms. The summed E-state index contributed by atoms with van der Waals surface area (Å²) in [5, 5.41) is 18.8. The number of carbonyl (C=O) groups excluding carboxylic acids is 1. The number of ether oxygens (including phenoxy) is 1. The highest BCUT2D eigenvalue weighted by atomic mass is 35.5. The lowest BCUT2D eigenvalue weighted by Gasteiger charge is -2.21. The second kappa shape index (κ2) is 11.8. The van der Waals surface area contributed by atoms with Gasteiger partial charge in [-0.15, -0.1) is 11.3 Å². The first-order valence-electron chi connectivity index (χ1n) is 12.8. The molecule has 1 saturated heterocycles. The summed E-state index contributed by atoms with van der Waals surface area (Å²) in [4.78, 5) is 12.5. The first-order valence-corrected chi connectivity index (χ1v) is 15.6. The minimum absolute atomic E-state index is 0.00158. The summed E-state index contributed by atoms with van der Waals surface area (Å²) in [6.07, 6.45) is 0.932. The maximum atomic E-state index is 13.2. The molecule has 4 aromatic rings. The molecule has 11 heteroatoms. The normalized spacial score (nSPS) is 16.8. The van der Waals surface area contributed by atoms with Crippen molar-refractivity contribution in [3.63, 3.8) is 0 Å². The highest BCUT2D eigenvalue weighted by Crippen LogP contribution is 2.33. The van der Waals surface area contributed by atoms with E-state index in [-0.39, 0.29) is 21.8 Å². The third-order valence-electron chi connectivity index (χ3n) is 6.84. The molecule has 2 aromatic heterocycles. The van der Waals surface area contributed by atoms with Crippen molar-refractivity contribution >= 4 is 49.6 Å². The molecule has 0 aliphatic carbocycles. The summed E-state index contributed by atoms with van der Waals surface area (Å²) >= 11 is 7.00. The van der Waals surface area contributed by atoms with Crippen molar-refractivity contribution < 1.29 is 23.1 Å². The molecule has 8 nitrogen and oxygen atoms in total. The Bertz CT molecular complexity index is 1590. The zero-order valence-electron chi connectivity index (χ0n) is 21.5. The number of fused-ring (bicyclic) bond motifs is 1. The Hall–Kier alpha value is -2.76. The molecule has 1 unspecified atom stereocenters. The summed E-state index contributed by atoms with van der Waals surface area (Å²) < 4.78 is 34.2. The van der Waals surface area contributed by atoms with E-state index in [1.54, 1.807) is 23.7 Å². The van der Waals surface area contributed by atoms with Gasteiger partial charge >= 0.3 is 0 Å². The van der Waals surface area contributed by atoms with Crippen LogP contribution in [0.4, 0.5) is 0 Å². The van der Waals surface area contributed by atoms with Crippen LogP contribution in [0.5, 0.6) is 0 Å². The number of aromatic nitrogens is 2. The first kappa shape index (κ1) is 27.8. The lowest BCUT2D eigenvalue weighted by Crippen LogP contribution is -2.35. The Kier molecular flexibility index (Phi) is 8.39. The van der Waals surface area contributed by atoms with Crippen LogP contribution in [0, 0.1) is 5.92 Å². The van der Waals surface area contributed by atoms with Gasteiger partial charge in [0.2, 0.25) is 5.91 Å². The van der Waals surface area contributed by atoms with E-state index in [9.17, 15) is 18.3 Å². The third kappa shape index (κ3) is 6.36. The van der Waals surface area contributed by atoms with Crippen molar-refractivity contribution in [2.45, 2.75) is 48.9 Å². The molecule has 0 saturated carbocycles. The molecule has 0 spiro atoms. The topological polar surface area (TPSA) is 111 Å². The number of aliphatic hydroxyl groups excluding tert-OH is 1. The van der Waals surface area contributed by atoms with E-state index in [0.29, 0.717) is 47.3 Å². The van der Waals surface area contributed by atoms with Gasteiger partial charge in [0.05, 0.1) is 40.7 Å². The van der Waals surface area contributed by atoms with Crippen LogP contribution in [0.1, 0.15) is 48.3 Å². The van der Waals surface area contributed by atoms with Crippen molar-refractivity contribution in [1.29, 1.82) is 0 Å². The average molecular weight is 588 g/mol. The van der Waals surface area contributed by atoms with Gasteiger partial charge in [0, 0.05) is 18.5 Å². The highest BCUT2D eigenvalue weighted by Gasteiger charge is 2.25. The van der Waals surface area contributed by atoms with E-state index >= 15 is 0 Å². The van der Waals surface area contributed by atoms with E-state index in [0.717, 1.165) is 40.8 Å². The monoisotopic (exact) mass is 587 g/mol. The number of halogens is 1. The van der Waals surface area contributed by atoms with Crippen LogP contribution in [0.15, 0.2) is 58.8 Å². The zero-order chi connectivity index (χ0) is 27.6. The van der Waals surface area contributed by atoms with Crippen molar-refractivity contribution in [3.05, 3.63) is 81.3 Å². The van der Waals surface area contributed by atoms with Crippen LogP contribution in [-0.4, -0.2) is 42.4 Å². The number of hydrogen-bond donors (Lipinski definition) is 2. The Morgan fingerprint density at radius 1 is 1.23 bits per heavy atom. The van der Waals surface area contributed by atoms with Gasteiger partial charge in [-0.05, 0) is 54.7 Å². The fourth-order valence-electron chi connectivity index (χ4n) is 4.91. The van der Waals surface area contributed by atoms with Gasteiger partial charge in [-0.25, -0.2) is 8.42 Å². The maximum absolute atomic E-state index is 13.2. The predicted molar refractivity (Wildman–Crippen MR) is 152 cm³/mol. The van der Waals surface area contributed by atoms with E-state index in [2.05, 4.69) is 5.32 Å². The van der Waals surface area contributed by atoms with Crippen molar-refractivity contribution in [3.8, 4) is 0 Å². The molecule has 1 fully saturated rings. The van der Waals surface area contributed by atoms with E-state index in [4.69, 9.17) is 21.4 Å². The maximum Gasteiger partial charge on any atom is 0.225 e. The summed E-state index contributed by atoms with van der Waals surface area (Å²) in [7, 11) is -3.69. The number of nitrogens with one attached hydrogen (secondary N) is 1. The Labute approximate surface area is 236 Å². The number of benzene rings is 2. The van der Waals surface area contributed by atoms with Crippen molar-refractivity contribution in [2.24, 2.45) is 5.92 Å². The number of hydrogen-bond acceptors (Lipinski definition) is 7. The SMILES string of the molecule is CC(O)c1cccc2c1c(CS(=O)(=O)c1ccc(Cl)s1)nn2Cc1cccc(CNC(=O)[C@H]2CCCOC2)c1. The molecule has 5 rings (SSSR count). The zero-order valence-corrected chi connectivity index (χ0v) is 23.9. The quantitative estimate of drug-likeness (QED) is 0.289. The molecule has 2 N–H and O–H groups in total. The minimum Gasteiger partial charge on any atom is -0.389 e. The number of thiophene rings is 1. The minimum atomic E-state index is -3.69. The molecule has 2 atom stereocenters. The van der Waals surface area contributed by atoms with Crippen molar-refractivity contribution in [2.75, 3.05) is 13.2 Å². The van der Waals surface area contributed by atoms with E-state index < -0.39 is 15.9 Å². The highest BCUT2D eigenvalue weighted by molar-refractivity contribution is 7.92. The van der Waals surface area contributed by atoms with Gasteiger partial charge in [-0.3, -0.25) is 9.48 Å². The Morgan fingerprint density at radius 3 is 2.74 bits per heavy atom. The molecule has 206 valence electrons. The lowest BCUT2D eigenvalue weighted by molar-refractivity contribution is -0.129. The number of carbonyl (C=O) groups is 1. The standard InChI is InChI=1S/C28H30ClN3O5S2/c1-18(33)22-8-3-9-24-27(22)23(17-39(35,36)26-11-10-25(29)38-26)31-32(24)15-20-6-2-5-19(13-20)14-30-28(34)21-7-4-12-37-16-21/h2-3,5-6,8-11,13,18,21,33H,4,7,12,14-17H2,1H3,(H,30,34)/t18?,21-/m0/s1. The molecule has 0 radical (unpaired) electrons. The smallest absolute Gasteiger partial charge is 0.225 e. The molecule has 0 bridgehead atoms. The van der Waals surface area contributed by atoms with Gasteiger partial charge in [0.15, 0.2) is 9.84 Å². The van der Waals surface area contributed by atoms with Crippen LogP contribution in [0.3, 0.4) is 0 Å². The van der Waals surface area contributed by atoms with Crippen LogP contribution in [-0.2, 0) is 38.2 Å². The number of rotatable bonds is 9. The summed E-state index contributed by atoms with van der Waals surface area (Å²) in [6, 6.07) is 16.4. The molecule has 1 aliphatic rings. The Balaban J connectivity index is 1.41. The second-order valence-electron chi connectivity index (χ2n) is 9.79. The fraction of sp³-hybridized carbons (Fsp3) is 0.357. The predicted octanol–water partition coefficient (Wildman–Crippen LogP) is 4.87. The van der Waals surface area contributed by atoms with Crippen LogP contribution < -0.4 is 5.32 Å². The largest absolute Gasteiger partial charge is 0.389 e. The molecular formula is C28H30ClN3O5S2. The molecule has 2 aromatic carbocycles. The summed E-state index contributed by atoms with van der Waals surface area (Å²) in [5.41, 5.74) is 3.64. The van der Waals surface area contributed by atoms with E-state index in [1.165, 1.54) is 6.07 Å². The lowest BCUT2D eigenvalue weighted by atomic mass is 10.0. The van der Waals surface area contributed by atoms with Gasteiger partial charge in [-0.2, -0.15) is 5.10 Å². The van der Waals surface area contributed by atoms with E-state index in [1.807, 2.05) is 36.4 Å². The summed E-state index contributed by atoms with van der Waals surface area (Å²) in [6.45, 7) is 3.62. The first-order chi connectivity index (χ1) is 18.7. The summed E-state index contributed by atoms with van der Waals surface area (Å²) in [5.74, 6) is -0.421. The third-order valence-corrected chi connectivity index (χ3v) is 10.3. The molecule has 3 heterocycles. The molecular weight excluding hydrogens is 558 g/mol. The van der Waals surface area contributed by atoms with Crippen LogP contribution in [0.2, 0.25) is 4.34 Å². The van der Waals surface area contributed by atoms with Crippen molar-refractivity contribution in [1.82, 2.24) is 15.1 Å². The molecule has 1 aliphatic heterocycles. The van der Waals surface area contributed by atoms with Gasteiger partial charge in [0.1, 0.15) is 9.96 Å². The van der Waals surface area contributed by atoms with Gasteiger partial charge < -0.3 is 15.2 Å². The average Bonchev–Trinajstić information content (AvgIpc) is 3.52. The number of nitrogens with zero attached hydrogens (tertiary/aromatic N) is 2. The van der Waals surface area contributed by atoms with Crippen LogP contribution in [0.25, 0.3) is 10.9 Å². The number of aliphatic hydroxyl groups is 1. The number of amides is 1. The van der Waals surface area contributed by atoms with Gasteiger partial charge in [0.25, 0.3) is 0 Å². The van der Waals surface area contributed by atoms with Gasteiger partial charge in [-0.1, -0.05) is 48.0 Å². The Morgan fingerprint density at radius 2 is 2.03 bits per heavy atom. The number of sulfone groups is 1. The molecule has 1 amide bonds. The second-order valence-corrected chi connectivity index (χ2v) is 13.7. The van der Waals surface area contributed by atoms with Crippen LogP contribution >= 0.6 is 22.9 Å².